The molecule has 1 aliphatic carbocycles. The Balaban J connectivity index is 1.71. The molecule has 138 valence electrons. The van der Waals surface area contributed by atoms with E-state index in [0.29, 0.717) is 15.7 Å². The lowest BCUT2D eigenvalue weighted by Crippen LogP contribution is -2.19. The van der Waals surface area contributed by atoms with Gasteiger partial charge in [0, 0.05) is 27.5 Å². The number of primary amides is 1. The van der Waals surface area contributed by atoms with Crippen LogP contribution in [-0.2, 0) is 5.41 Å². The van der Waals surface area contributed by atoms with Crippen LogP contribution in [0.3, 0.4) is 0 Å². The first-order valence-electron chi connectivity index (χ1n) is 8.17. The van der Waals surface area contributed by atoms with Gasteiger partial charge in [0.2, 0.25) is 0 Å². The van der Waals surface area contributed by atoms with E-state index in [-0.39, 0.29) is 11.2 Å². The smallest absolute Gasteiger partial charge is 0.316 e. The van der Waals surface area contributed by atoms with Crippen LogP contribution in [0.4, 0.5) is 14.9 Å². The number of halogens is 3. The Hall–Kier alpha value is -2.15. The number of thiazole rings is 1. The number of aromatic nitrogens is 1. The molecule has 27 heavy (non-hydrogen) atoms. The molecule has 0 spiro atoms. The van der Waals surface area contributed by atoms with Gasteiger partial charge in [-0.2, -0.15) is 0 Å². The topological polar surface area (TPSA) is 68.0 Å². The van der Waals surface area contributed by atoms with E-state index in [4.69, 9.17) is 28.9 Å². The van der Waals surface area contributed by atoms with Gasteiger partial charge in [0.05, 0.1) is 10.3 Å². The summed E-state index contributed by atoms with van der Waals surface area (Å²) in [5.41, 5.74) is 6.99. The molecule has 1 saturated carbocycles. The Morgan fingerprint density at radius 1 is 1.19 bits per heavy atom. The van der Waals surface area contributed by atoms with Gasteiger partial charge in [-0.1, -0.05) is 35.3 Å². The lowest BCUT2D eigenvalue weighted by atomic mass is 9.96. The fourth-order valence-corrected chi connectivity index (χ4v) is 5.21. The van der Waals surface area contributed by atoms with E-state index in [1.54, 1.807) is 41.8 Å². The molecule has 3 aromatic rings. The highest BCUT2D eigenvalue weighted by molar-refractivity contribution is 7.15. The fraction of sp³-hybridized carbons (Fsp3) is 0.158. The van der Waals surface area contributed by atoms with E-state index < -0.39 is 6.03 Å². The van der Waals surface area contributed by atoms with Crippen molar-refractivity contribution < 1.29 is 9.18 Å². The van der Waals surface area contributed by atoms with Crippen LogP contribution in [0.15, 0.2) is 42.6 Å². The van der Waals surface area contributed by atoms with Crippen LogP contribution in [0.2, 0.25) is 10.0 Å². The summed E-state index contributed by atoms with van der Waals surface area (Å²) >= 11 is 14.5. The van der Waals surface area contributed by atoms with Crippen LogP contribution in [0, 0.1) is 5.82 Å². The summed E-state index contributed by atoms with van der Waals surface area (Å²) in [5.74, 6) is -0.273. The van der Waals surface area contributed by atoms with E-state index in [0.717, 1.165) is 33.9 Å². The molecular weight excluding hydrogens is 408 g/mol. The van der Waals surface area contributed by atoms with E-state index in [9.17, 15) is 9.18 Å². The number of hydrogen-bond donors (Lipinski definition) is 2. The van der Waals surface area contributed by atoms with Crippen LogP contribution in [0.25, 0.3) is 10.4 Å². The van der Waals surface area contributed by atoms with Crippen LogP contribution >= 0.6 is 34.5 Å². The molecule has 2 amide bonds. The number of rotatable bonds is 4. The zero-order valence-corrected chi connectivity index (χ0v) is 16.3. The molecule has 1 fully saturated rings. The third kappa shape index (κ3) is 3.40. The third-order valence-electron chi connectivity index (χ3n) is 4.58. The summed E-state index contributed by atoms with van der Waals surface area (Å²) in [6, 6.07) is 8.93. The molecule has 8 heteroatoms. The minimum atomic E-state index is -0.681. The Morgan fingerprint density at radius 2 is 1.81 bits per heavy atom. The predicted octanol–water partition coefficient (Wildman–Crippen LogP) is 5.83. The van der Waals surface area contributed by atoms with E-state index in [1.165, 1.54) is 12.1 Å². The molecule has 0 unspecified atom stereocenters. The molecule has 4 rings (SSSR count). The van der Waals surface area contributed by atoms with Crippen molar-refractivity contribution >= 4 is 46.3 Å². The van der Waals surface area contributed by atoms with E-state index in [1.807, 2.05) is 0 Å². The first-order valence-corrected chi connectivity index (χ1v) is 9.74. The normalized spacial score (nSPS) is 14.8. The summed E-state index contributed by atoms with van der Waals surface area (Å²) in [6.07, 6.45) is 3.55. The molecule has 3 N–H and O–H groups in total. The number of nitrogens with one attached hydrogen (secondary N) is 1. The van der Waals surface area contributed by atoms with Crippen molar-refractivity contribution in [1.82, 2.24) is 4.98 Å². The number of benzene rings is 2. The van der Waals surface area contributed by atoms with Gasteiger partial charge in [0.15, 0.2) is 0 Å². The molecule has 0 radical (unpaired) electrons. The summed E-state index contributed by atoms with van der Waals surface area (Å²) < 4.78 is 13.2. The minimum absolute atomic E-state index is 0.273. The van der Waals surface area contributed by atoms with Crippen LogP contribution in [0.1, 0.15) is 23.4 Å². The summed E-state index contributed by atoms with van der Waals surface area (Å²) in [6.45, 7) is 0. The third-order valence-corrected chi connectivity index (χ3v) is 6.43. The first-order chi connectivity index (χ1) is 12.9. The Bertz CT molecular complexity index is 1010. The van der Waals surface area contributed by atoms with E-state index >= 15 is 0 Å². The van der Waals surface area contributed by atoms with Gasteiger partial charge in [0.25, 0.3) is 0 Å². The lowest BCUT2D eigenvalue weighted by molar-refractivity contribution is 0.259. The Labute approximate surface area is 169 Å². The molecular formula is C19H14Cl2FN3OS. The average Bonchev–Trinajstić information content (AvgIpc) is 3.22. The van der Waals surface area contributed by atoms with Crippen molar-refractivity contribution in [2.45, 2.75) is 18.3 Å². The SMILES string of the molecule is NC(=O)Nc1cc(Cl)c(C2(c3ncc(-c4ccc(F)cc4)s3)CC2)c(Cl)c1. The molecule has 1 heterocycles. The van der Waals surface area contributed by atoms with Crippen LogP contribution in [0.5, 0.6) is 0 Å². The molecule has 4 nitrogen and oxygen atoms in total. The average molecular weight is 422 g/mol. The largest absolute Gasteiger partial charge is 0.351 e. The molecule has 1 aromatic heterocycles. The van der Waals surface area contributed by atoms with Crippen molar-refractivity contribution in [3.05, 3.63) is 69.0 Å². The zero-order chi connectivity index (χ0) is 19.2. The Morgan fingerprint density at radius 3 is 2.37 bits per heavy atom. The van der Waals surface area contributed by atoms with Gasteiger partial charge in [0.1, 0.15) is 10.8 Å². The fourth-order valence-electron chi connectivity index (χ4n) is 3.18. The lowest BCUT2D eigenvalue weighted by Gasteiger charge is -2.18. The van der Waals surface area contributed by atoms with Gasteiger partial charge < -0.3 is 11.1 Å². The van der Waals surface area contributed by atoms with Crippen molar-refractivity contribution in [2.24, 2.45) is 5.73 Å². The van der Waals surface area contributed by atoms with Gasteiger partial charge in [-0.15, -0.1) is 11.3 Å². The number of anilines is 1. The van der Waals surface area contributed by atoms with Crippen molar-refractivity contribution in [2.75, 3.05) is 5.32 Å². The molecule has 0 atom stereocenters. The number of nitrogens with two attached hydrogens (primary N) is 1. The quantitative estimate of drug-likeness (QED) is 0.556. The minimum Gasteiger partial charge on any atom is -0.351 e. The number of hydrogen-bond acceptors (Lipinski definition) is 3. The number of nitrogens with zero attached hydrogens (tertiary/aromatic N) is 1. The molecule has 0 aliphatic heterocycles. The molecule has 2 aromatic carbocycles. The maximum Gasteiger partial charge on any atom is 0.316 e. The second-order valence-corrected chi connectivity index (χ2v) is 8.27. The molecule has 0 saturated heterocycles. The van der Waals surface area contributed by atoms with Crippen LogP contribution < -0.4 is 11.1 Å². The molecule has 1 aliphatic rings. The second kappa shape index (κ2) is 6.78. The number of urea groups is 1. The highest BCUT2D eigenvalue weighted by atomic mass is 35.5. The second-order valence-electron chi connectivity index (χ2n) is 6.42. The zero-order valence-electron chi connectivity index (χ0n) is 13.9. The maximum absolute atomic E-state index is 13.2. The van der Waals surface area contributed by atoms with E-state index in [2.05, 4.69) is 10.3 Å². The number of amides is 2. The van der Waals surface area contributed by atoms with Crippen molar-refractivity contribution in [3.8, 4) is 10.4 Å². The highest BCUT2D eigenvalue weighted by Crippen LogP contribution is 2.58. The highest BCUT2D eigenvalue weighted by Gasteiger charge is 2.51. The molecule has 0 bridgehead atoms. The van der Waals surface area contributed by atoms with Crippen LogP contribution in [-0.4, -0.2) is 11.0 Å². The van der Waals surface area contributed by atoms with Gasteiger partial charge in [-0.3, -0.25) is 0 Å². The monoisotopic (exact) mass is 421 g/mol. The predicted molar refractivity (Wildman–Crippen MR) is 107 cm³/mol. The van der Waals surface area contributed by atoms with Gasteiger partial charge >= 0.3 is 6.03 Å². The number of carbonyl (C=O) groups is 1. The van der Waals surface area contributed by atoms with Gasteiger partial charge in [-0.05, 0) is 42.7 Å². The first kappa shape index (κ1) is 18.2. The van der Waals surface area contributed by atoms with Crippen molar-refractivity contribution in [3.63, 3.8) is 0 Å². The van der Waals surface area contributed by atoms with Crippen molar-refractivity contribution in [1.29, 1.82) is 0 Å². The summed E-state index contributed by atoms with van der Waals surface area (Å²) in [7, 11) is 0. The Kier molecular flexibility index (Phi) is 4.58. The summed E-state index contributed by atoms with van der Waals surface area (Å²) in [4.78, 5) is 16.6. The van der Waals surface area contributed by atoms with Gasteiger partial charge in [-0.25, -0.2) is 14.2 Å². The summed E-state index contributed by atoms with van der Waals surface area (Å²) in [5, 5.41) is 4.32. The number of carbonyl (C=O) groups excluding carboxylic acids is 1. The maximum atomic E-state index is 13.2. The standard InChI is InChI=1S/C19H14Cl2FN3OS/c20-13-7-12(25-18(23)26)8-14(21)16(13)19(5-6-19)17-24-9-15(27-17)10-1-3-11(22)4-2-10/h1-4,7-9H,5-6H2,(H3,23,25,26).